The summed E-state index contributed by atoms with van der Waals surface area (Å²) in [7, 11) is 0. The largest absolute Gasteiger partial charge is 0.481 e. The van der Waals surface area contributed by atoms with Crippen molar-refractivity contribution < 1.29 is 19.1 Å². The summed E-state index contributed by atoms with van der Waals surface area (Å²) in [4.78, 5) is 22.9. The summed E-state index contributed by atoms with van der Waals surface area (Å²) in [6.07, 6.45) is 10.3. The Morgan fingerprint density at radius 1 is 1.40 bits per heavy atom. The minimum Gasteiger partial charge on any atom is -0.481 e. The highest BCUT2D eigenvalue weighted by atomic mass is 16.4. The number of furan rings is 1. The van der Waals surface area contributed by atoms with Crippen LogP contribution in [0.1, 0.15) is 18.6 Å². The van der Waals surface area contributed by atoms with Crippen molar-refractivity contribution in [3.63, 3.8) is 0 Å². The van der Waals surface area contributed by atoms with E-state index in [1.807, 2.05) is 18.2 Å². The topological polar surface area (TPSA) is 97.4 Å². The molecule has 2 heterocycles. The molecule has 0 saturated carbocycles. The van der Waals surface area contributed by atoms with Crippen molar-refractivity contribution in [1.82, 2.24) is 9.78 Å². The third kappa shape index (κ3) is 4.14. The number of hydrogen-bond acceptors (Lipinski definition) is 5. The van der Waals surface area contributed by atoms with E-state index in [0.29, 0.717) is 18.5 Å². The van der Waals surface area contributed by atoms with Gasteiger partial charge < -0.3 is 14.8 Å². The number of aliphatic carboxylic acids is 1. The third-order valence-corrected chi connectivity index (χ3v) is 3.69. The Hall–Kier alpha value is -3.35. The van der Waals surface area contributed by atoms with Gasteiger partial charge in [0, 0.05) is 17.8 Å². The Bertz CT molecular complexity index is 857. The molecule has 0 unspecified atom stereocenters. The summed E-state index contributed by atoms with van der Waals surface area (Å²) < 4.78 is 7.05. The minimum absolute atomic E-state index is 0.408. The lowest BCUT2D eigenvalue weighted by atomic mass is 9.94. The quantitative estimate of drug-likeness (QED) is 0.753. The van der Waals surface area contributed by atoms with Gasteiger partial charge in [0.15, 0.2) is 5.78 Å². The van der Waals surface area contributed by atoms with E-state index >= 15 is 0 Å². The molecule has 25 heavy (non-hydrogen) atoms. The number of rotatable bonds is 7. The summed E-state index contributed by atoms with van der Waals surface area (Å²) in [5.41, 5.74) is 1.15. The minimum atomic E-state index is -1.13. The van der Waals surface area contributed by atoms with Gasteiger partial charge in [-0.05, 0) is 24.1 Å². The summed E-state index contributed by atoms with van der Waals surface area (Å²) >= 11 is 0. The SMILES string of the molecule is O=C(O)CC(=O)C1=CC=CCC1=CNc1ccnn1Cc1ccco1. The van der Waals surface area contributed by atoms with E-state index in [9.17, 15) is 9.59 Å². The summed E-state index contributed by atoms with van der Waals surface area (Å²) in [5.74, 6) is -0.0287. The highest BCUT2D eigenvalue weighted by Crippen LogP contribution is 2.22. The molecule has 0 atom stereocenters. The molecular formula is C18H17N3O4. The van der Waals surface area contributed by atoms with E-state index in [0.717, 1.165) is 17.2 Å². The molecule has 0 fully saturated rings. The number of aromatic nitrogens is 2. The van der Waals surface area contributed by atoms with Gasteiger partial charge in [-0.2, -0.15) is 5.10 Å². The summed E-state index contributed by atoms with van der Waals surface area (Å²) in [6.45, 7) is 0.478. The second-order valence-corrected chi connectivity index (χ2v) is 5.47. The average molecular weight is 339 g/mol. The zero-order valence-electron chi connectivity index (χ0n) is 13.4. The standard InChI is InChI=1S/C18H17N3O4/c22-16(10-18(23)24)15-6-2-1-4-13(15)11-19-17-7-8-20-21(17)12-14-5-3-9-25-14/h1-3,5-9,11,19H,4,10,12H2,(H,23,24). The summed E-state index contributed by atoms with van der Waals surface area (Å²) in [5, 5.41) is 16.2. The molecule has 0 radical (unpaired) electrons. The molecule has 128 valence electrons. The van der Waals surface area contributed by atoms with Crippen LogP contribution in [-0.4, -0.2) is 26.6 Å². The van der Waals surface area contributed by atoms with Crippen LogP contribution >= 0.6 is 0 Å². The Balaban J connectivity index is 1.74. The molecule has 7 heteroatoms. The zero-order chi connectivity index (χ0) is 17.6. The van der Waals surface area contributed by atoms with Crippen molar-refractivity contribution in [1.29, 1.82) is 0 Å². The smallest absolute Gasteiger partial charge is 0.311 e. The number of carbonyl (C=O) groups is 2. The van der Waals surface area contributed by atoms with Crippen LogP contribution < -0.4 is 5.32 Å². The van der Waals surface area contributed by atoms with Crippen molar-refractivity contribution in [2.24, 2.45) is 0 Å². The highest BCUT2D eigenvalue weighted by molar-refractivity contribution is 6.08. The second kappa shape index (κ2) is 7.48. The zero-order valence-corrected chi connectivity index (χ0v) is 13.4. The number of carbonyl (C=O) groups excluding carboxylic acids is 1. The lowest BCUT2D eigenvalue weighted by Crippen LogP contribution is -2.13. The van der Waals surface area contributed by atoms with Crippen LogP contribution in [0.4, 0.5) is 5.82 Å². The predicted molar refractivity (Wildman–Crippen MR) is 90.8 cm³/mol. The second-order valence-electron chi connectivity index (χ2n) is 5.47. The van der Waals surface area contributed by atoms with E-state index in [2.05, 4.69) is 10.4 Å². The molecule has 0 amide bonds. The van der Waals surface area contributed by atoms with Crippen LogP contribution in [0.3, 0.4) is 0 Å². The van der Waals surface area contributed by atoms with Crippen LogP contribution in [0.5, 0.6) is 0 Å². The van der Waals surface area contributed by atoms with Crippen LogP contribution in [0.2, 0.25) is 0 Å². The van der Waals surface area contributed by atoms with Crippen LogP contribution in [0, 0.1) is 0 Å². The van der Waals surface area contributed by atoms with E-state index < -0.39 is 18.2 Å². The molecule has 1 aliphatic carbocycles. The van der Waals surface area contributed by atoms with Gasteiger partial charge in [-0.15, -0.1) is 0 Å². The molecule has 2 aromatic rings. The Kier molecular flexibility index (Phi) is 4.94. The number of allylic oxidation sites excluding steroid dienone is 5. The van der Waals surface area contributed by atoms with Crippen LogP contribution in [-0.2, 0) is 16.1 Å². The first-order valence-electron chi connectivity index (χ1n) is 7.75. The Morgan fingerprint density at radius 2 is 2.28 bits per heavy atom. The van der Waals surface area contributed by atoms with E-state index in [1.54, 1.807) is 41.6 Å². The Morgan fingerprint density at radius 3 is 3.04 bits per heavy atom. The van der Waals surface area contributed by atoms with E-state index in [1.165, 1.54) is 0 Å². The fourth-order valence-corrected chi connectivity index (χ4v) is 2.51. The van der Waals surface area contributed by atoms with E-state index in [-0.39, 0.29) is 0 Å². The molecule has 3 rings (SSSR count). The maximum atomic E-state index is 12.1. The molecule has 0 spiro atoms. The lowest BCUT2D eigenvalue weighted by molar-refractivity contribution is -0.139. The van der Waals surface area contributed by atoms with Gasteiger partial charge in [0.25, 0.3) is 0 Å². The van der Waals surface area contributed by atoms with Crippen molar-refractivity contribution in [3.05, 3.63) is 72.0 Å². The third-order valence-electron chi connectivity index (χ3n) is 3.69. The first kappa shape index (κ1) is 16.5. The van der Waals surface area contributed by atoms with Crippen molar-refractivity contribution in [3.8, 4) is 0 Å². The van der Waals surface area contributed by atoms with Gasteiger partial charge in [0.1, 0.15) is 24.5 Å². The van der Waals surface area contributed by atoms with Gasteiger partial charge >= 0.3 is 5.97 Å². The molecule has 7 nitrogen and oxygen atoms in total. The number of nitrogens with zero attached hydrogens (tertiary/aromatic N) is 2. The number of carboxylic acid groups (broad SMARTS) is 1. The maximum Gasteiger partial charge on any atom is 0.311 e. The van der Waals surface area contributed by atoms with E-state index in [4.69, 9.17) is 9.52 Å². The van der Waals surface area contributed by atoms with Gasteiger partial charge in [0.05, 0.1) is 12.5 Å². The number of anilines is 1. The fraction of sp³-hybridized carbons (Fsp3) is 0.167. The number of ketones is 1. The van der Waals surface area contributed by atoms with Gasteiger partial charge in [-0.1, -0.05) is 18.2 Å². The fourth-order valence-electron chi connectivity index (χ4n) is 2.51. The predicted octanol–water partition coefficient (Wildman–Crippen LogP) is 2.75. The van der Waals surface area contributed by atoms with Crippen LogP contribution in [0.25, 0.3) is 0 Å². The number of hydrogen-bond donors (Lipinski definition) is 2. The number of carboxylic acids is 1. The van der Waals surface area contributed by atoms with Gasteiger partial charge in [0.2, 0.25) is 0 Å². The van der Waals surface area contributed by atoms with Crippen molar-refractivity contribution >= 4 is 17.6 Å². The highest BCUT2D eigenvalue weighted by Gasteiger charge is 2.18. The summed E-state index contributed by atoms with van der Waals surface area (Å²) in [6, 6.07) is 5.48. The monoisotopic (exact) mass is 339 g/mol. The molecule has 1 aliphatic rings. The van der Waals surface area contributed by atoms with Gasteiger partial charge in [-0.25, -0.2) is 4.68 Å². The normalized spacial score (nSPS) is 15.2. The lowest BCUT2D eigenvalue weighted by Gasteiger charge is -2.13. The van der Waals surface area contributed by atoms with Crippen molar-refractivity contribution in [2.75, 3.05) is 5.32 Å². The first-order valence-corrected chi connectivity index (χ1v) is 7.75. The molecule has 0 saturated heterocycles. The van der Waals surface area contributed by atoms with Crippen molar-refractivity contribution in [2.45, 2.75) is 19.4 Å². The molecule has 2 N–H and O–H groups in total. The average Bonchev–Trinajstić information content (AvgIpc) is 3.25. The first-order chi connectivity index (χ1) is 12.1. The maximum absolute atomic E-state index is 12.1. The molecule has 0 bridgehead atoms. The molecule has 0 aliphatic heterocycles. The molecule has 0 aromatic carbocycles. The van der Waals surface area contributed by atoms with Gasteiger partial charge in [-0.3, -0.25) is 9.59 Å². The number of Topliss-reactive ketones (excluding diaryl/α,β-unsaturated/α-hetero) is 1. The molecular weight excluding hydrogens is 322 g/mol. The van der Waals surface area contributed by atoms with Crippen LogP contribution in [0.15, 0.2) is 70.7 Å². The molecule has 2 aromatic heterocycles. The Labute approximate surface area is 143 Å². The number of nitrogens with one attached hydrogen (secondary N) is 1.